The van der Waals surface area contributed by atoms with Gasteiger partial charge in [-0.05, 0) is 60.5 Å². The molecule has 37 heavy (non-hydrogen) atoms. The Bertz CT molecular complexity index is 1290. The summed E-state index contributed by atoms with van der Waals surface area (Å²) in [4.78, 5) is 16.3. The van der Waals surface area contributed by atoms with Gasteiger partial charge in [0.1, 0.15) is 11.5 Å². The minimum Gasteiger partial charge on any atom is -0.497 e. The average Bonchev–Trinajstić information content (AvgIpc) is 2.97. The third kappa shape index (κ3) is 5.30. The number of methoxy groups -OCH3 is 1. The molecule has 0 aliphatic carbocycles. The molecule has 0 radical (unpaired) electrons. The fourth-order valence-corrected chi connectivity index (χ4v) is 4.57. The summed E-state index contributed by atoms with van der Waals surface area (Å²) in [6.45, 7) is 2.60. The van der Waals surface area contributed by atoms with Gasteiger partial charge in [-0.1, -0.05) is 12.1 Å². The van der Waals surface area contributed by atoms with Crippen LogP contribution in [-0.4, -0.2) is 38.9 Å². The highest BCUT2D eigenvalue weighted by molar-refractivity contribution is 5.96. The zero-order valence-corrected chi connectivity index (χ0v) is 20.6. The lowest BCUT2D eigenvalue weighted by molar-refractivity contribution is -0.180. The van der Waals surface area contributed by atoms with Crippen molar-refractivity contribution in [2.24, 2.45) is 5.92 Å². The van der Waals surface area contributed by atoms with Crippen molar-refractivity contribution in [3.8, 4) is 11.5 Å². The topological polar surface area (TPSA) is 54.0 Å². The highest BCUT2D eigenvalue weighted by Crippen LogP contribution is 2.39. The first-order valence-corrected chi connectivity index (χ1v) is 12.1. The van der Waals surface area contributed by atoms with Crippen molar-refractivity contribution in [1.29, 1.82) is 0 Å². The van der Waals surface area contributed by atoms with Crippen molar-refractivity contribution in [3.05, 3.63) is 71.8 Å². The van der Waals surface area contributed by atoms with Crippen LogP contribution in [0.3, 0.4) is 0 Å². The second kappa shape index (κ2) is 9.88. The van der Waals surface area contributed by atoms with Gasteiger partial charge in [0.05, 0.1) is 38.3 Å². The average molecular weight is 512 g/mol. The number of alkyl halides is 3. The largest absolute Gasteiger partial charge is 0.497 e. The Morgan fingerprint density at radius 1 is 1.05 bits per heavy atom. The number of nitrogens with one attached hydrogen (secondary N) is 1. The summed E-state index contributed by atoms with van der Waals surface area (Å²) >= 11 is 0. The van der Waals surface area contributed by atoms with E-state index in [2.05, 4.69) is 5.32 Å². The number of hydrogen-bond donors (Lipinski definition) is 1. The first-order valence-electron chi connectivity index (χ1n) is 12.1. The van der Waals surface area contributed by atoms with Crippen molar-refractivity contribution >= 4 is 28.7 Å². The van der Waals surface area contributed by atoms with Crippen LogP contribution in [-0.2, 0) is 11.3 Å². The molecule has 0 unspecified atom stereocenters. The molecule has 3 aromatic rings. The lowest BCUT2D eigenvalue weighted by atomic mass is 9.98. The van der Waals surface area contributed by atoms with Crippen LogP contribution in [0.15, 0.2) is 60.7 Å². The molecule has 0 saturated carbocycles. The van der Waals surface area contributed by atoms with Crippen LogP contribution in [0, 0.1) is 12.8 Å². The number of ether oxygens (including phenoxy) is 2. The van der Waals surface area contributed by atoms with Gasteiger partial charge >= 0.3 is 6.18 Å². The van der Waals surface area contributed by atoms with Crippen LogP contribution >= 0.6 is 0 Å². The SMILES string of the molecule is COc1ccc(CN2C(=O)CCOc3cc(Nc4ccc(N5CC(C(F)(F)F)C5)cc4C)ccc32)cc1. The zero-order valence-electron chi connectivity index (χ0n) is 20.6. The van der Waals surface area contributed by atoms with Crippen molar-refractivity contribution in [1.82, 2.24) is 0 Å². The Kier molecular flexibility index (Phi) is 6.62. The van der Waals surface area contributed by atoms with Crippen LogP contribution in [0.25, 0.3) is 0 Å². The van der Waals surface area contributed by atoms with Crippen molar-refractivity contribution in [2.45, 2.75) is 26.1 Å². The molecule has 1 amide bonds. The van der Waals surface area contributed by atoms with E-state index in [1.54, 1.807) is 16.9 Å². The van der Waals surface area contributed by atoms with E-state index in [4.69, 9.17) is 9.47 Å². The molecule has 194 valence electrons. The number of halogens is 3. The molecule has 1 fully saturated rings. The Morgan fingerprint density at radius 3 is 2.49 bits per heavy atom. The van der Waals surface area contributed by atoms with Crippen LogP contribution in [0.1, 0.15) is 17.5 Å². The number of anilines is 4. The van der Waals surface area contributed by atoms with Crippen LogP contribution in [0.5, 0.6) is 11.5 Å². The van der Waals surface area contributed by atoms with Gasteiger partial charge in [-0.3, -0.25) is 4.79 Å². The molecule has 5 rings (SSSR count). The fraction of sp³-hybridized carbons (Fsp3) is 0.321. The minimum atomic E-state index is -4.14. The van der Waals surface area contributed by atoms with Gasteiger partial charge in [-0.15, -0.1) is 0 Å². The van der Waals surface area contributed by atoms with E-state index in [9.17, 15) is 18.0 Å². The van der Waals surface area contributed by atoms with E-state index < -0.39 is 12.1 Å². The van der Waals surface area contributed by atoms with Gasteiger partial charge in [-0.2, -0.15) is 13.2 Å². The first-order chi connectivity index (χ1) is 17.7. The summed E-state index contributed by atoms with van der Waals surface area (Å²) < 4.78 is 49.6. The highest BCUT2D eigenvalue weighted by atomic mass is 19.4. The molecule has 6 nitrogen and oxygen atoms in total. The van der Waals surface area contributed by atoms with Crippen LogP contribution in [0.2, 0.25) is 0 Å². The molecule has 1 N–H and O–H groups in total. The van der Waals surface area contributed by atoms with Crippen molar-refractivity contribution in [3.63, 3.8) is 0 Å². The number of carbonyl (C=O) groups excluding carboxylic acids is 1. The monoisotopic (exact) mass is 511 g/mol. The fourth-order valence-electron chi connectivity index (χ4n) is 4.57. The van der Waals surface area contributed by atoms with Gasteiger partial charge in [-0.25, -0.2) is 0 Å². The quantitative estimate of drug-likeness (QED) is 0.436. The van der Waals surface area contributed by atoms with Crippen molar-refractivity contribution < 1.29 is 27.4 Å². The normalized spacial score (nSPS) is 16.0. The zero-order chi connectivity index (χ0) is 26.2. The molecular formula is C28H28F3N3O3. The minimum absolute atomic E-state index is 0.0103. The summed E-state index contributed by atoms with van der Waals surface area (Å²) in [6, 6.07) is 18.8. The lowest BCUT2D eigenvalue weighted by Crippen LogP contribution is -2.53. The Hall–Kier alpha value is -3.88. The summed E-state index contributed by atoms with van der Waals surface area (Å²) in [5.74, 6) is 0.0864. The van der Waals surface area contributed by atoms with E-state index in [1.165, 1.54) is 0 Å². The van der Waals surface area contributed by atoms with Crippen LogP contribution < -0.4 is 24.6 Å². The maximum absolute atomic E-state index is 12.9. The molecule has 2 aliphatic rings. The van der Waals surface area contributed by atoms with Gasteiger partial charge in [0, 0.05) is 36.2 Å². The van der Waals surface area contributed by atoms with Gasteiger partial charge < -0.3 is 24.6 Å². The molecular weight excluding hydrogens is 483 g/mol. The van der Waals surface area contributed by atoms with E-state index in [0.29, 0.717) is 18.0 Å². The Balaban J connectivity index is 1.31. The molecule has 0 atom stereocenters. The number of carbonyl (C=O) groups is 1. The summed E-state index contributed by atoms with van der Waals surface area (Å²) in [5, 5.41) is 3.37. The number of amides is 1. The highest BCUT2D eigenvalue weighted by Gasteiger charge is 2.47. The van der Waals surface area contributed by atoms with Gasteiger partial charge in [0.25, 0.3) is 0 Å². The Morgan fingerprint density at radius 2 is 1.81 bits per heavy atom. The van der Waals surface area contributed by atoms with Crippen LogP contribution in [0.4, 0.5) is 35.9 Å². The standard InChI is InChI=1S/C28H28F3N3O3/c1-18-13-22(33-16-20(17-33)28(29,30)31)6-9-24(18)32-21-5-10-25-26(14-21)37-12-11-27(35)34(25)15-19-3-7-23(36-2)8-4-19/h3-10,13-14,20,32H,11-12,15-17H2,1-2H3. The van der Waals surface area contributed by atoms with Gasteiger partial charge in [0.2, 0.25) is 5.91 Å². The molecule has 2 heterocycles. The van der Waals surface area contributed by atoms with E-state index in [0.717, 1.165) is 33.9 Å². The molecule has 0 bridgehead atoms. The van der Waals surface area contributed by atoms with E-state index >= 15 is 0 Å². The maximum atomic E-state index is 12.9. The molecule has 2 aliphatic heterocycles. The summed E-state index contributed by atoms with van der Waals surface area (Å²) in [5.41, 5.74) is 5.00. The molecule has 0 spiro atoms. The number of aryl methyl sites for hydroxylation is 1. The van der Waals surface area contributed by atoms with Crippen molar-refractivity contribution in [2.75, 3.05) is 41.9 Å². The predicted molar refractivity (Wildman–Crippen MR) is 137 cm³/mol. The molecule has 9 heteroatoms. The third-order valence-electron chi connectivity index (χ3n) is 6.82. The predicted octanol–water partition coefficient (Wildman–Crippen LogP) is 6.06. The number of benzene rings is 3. The first kappa shape index (κ1) is 24.8. The number of nitrogens with zero attached hydrogens (tertiary/aromatic N) is 2. The maximum Gasteiger partial charge on any atom is 0.395 e. The second-order valence-corrected chi connectivity index (χ2v) is 9.38. The smallest absolute Gasteiger partial charge is 0.395 e. The number of hydrogen-bond acceptors (Lipinski definition) is 5. The molecule has 1 saturated heterocycles. The Labute approximate surface area is 213 Å². The van der Waals surface area contributed by atoms with E-state index in [1.807, 2.05) is 67.6 Å². The number of fused-ring (bicyclic) bond motifs is 1. The molecule has 0 aromatic heterocycles. The third-order valence-corrected chi connectivity index (χ3v) is 6.82. The van der Waals surface area contributed by atoms with E-state index in [-0.39, 0.29) is 32.0 Å². The van der Waals surface area contributed by atoms with Gasteiger partial charge in [0.15, 0.2) is 0 Å². The molecule has 3 aromatic carbocycles. The lowest BCUT2D eigenvalue weighted by Gasteiger charge is -2.42. The summed E-state index contributed by atoms with van der Waals surface area (Å²) in [6.07, 6.45) is -3.87. The summed E-state index contributed by atoms with van der Waals surface area (Å²) in [7, 11) is 1.61. The number of rotatable bonds is 6. The second-order valence-electron chi connectivity index (χ2n) is 9.38.